The molecule has 1 aromatic rings. The second-order valence-corrected chi connectivity index (χ2v) is 5.43. The summed E-state index contributed by atoms with van der Waals surface area (Å²) >= 11 is 11.9. The van der Waals surface area contributed by atoms with E-state index in [1.165, 1.54) is 6.08 Å². The molecular weight excluding hydrogens is 329 g/mol. The second-order valence-electron chi connectivity index (χ2n) is 4.62. The summed E-state index contributed by atoms with van der Waals surface area (Å²) < 4.78 is 4.81. The molecule has 0 saturated carbocycles. The molecule has 2 rings (SSSR count). The summed E-state index contributed by atoms with van der Waals surface area (Å²) in [6.07, 6.45) is 3.54. The van der Waals surface area contributed by atoms with E-state index < -0.39 is 18.5 Å². The lowest BCUT2D eigenvalue weighted by molar-refractivity contribution is -0.151. The average Bonchev–Trinajstić information content (AvgIpc) is 2.90. The van der Waals surface area contributed by atoms with Crippen LogP contribution in [0.25, 0.3) is 6.08 Å². The van der Waals surface area contributed by atoms with Crippen molar-refractivity contribution in [2.45, 2.75) is 12.8 Å². The molecule has 0 unspecified atom stereocenters. The van der Waals surface area contributed by atoms with E-state index in [2.05, 4.69) is 0 Å². The van der Waals surface area contributed by atoms with Crippen molar-refractivity contribution in [1.82, 2.24) is 4.90 Å². The number of nitrogens with zero attached hydrogens (tertiary/aromatic N) is 1. The molecule has 0 spiro atoms. The molecule has 2 amide bonds. The molecule has 1 aromatic carbocycles. The molecular formula is C15H13Cl2NO4. The minimum absolute atomic E-state index is 0.237. The maximum absolute atomic E-state index is 11.7. The van der Waals surface area contributed by atoms with Gasteiger partial charge in [0.05, 0.1) is 0 Å². The smallest absolute Gasteiger partial charge is 0.331 e. The molecule has 22 heavy (non-hydrogen) atoms. The van der Waals surface area contributed by atoms with Crippen LogP contribution in [-0.4, -0.2) is 35.8 Å². The molecule has 0 atom stereocenters. The summed E-state index contributed by atoms with van der Waals surface area (Å²) in [7, 11) is 0. The van der Waals surface area contributed by atoms with E-state index in [0.717, 1.165) is 11.0 Å². The van der Waals surface area contributed by atoms with E-state index in [-0.39, 0.29) is 5.91 Å². The maximum Gasteiger partial charge on any atom is 0.331 e. The summed E-state index contributed by atoms with van der Waals surface area (Å²) in [6, 6.07) is 4.97. The number of imide groups is 1. The fourth-order valence-corrected chi connectivity index (χ4v) is 2.52. The van der Waals surface area contributed by atoms with Crippen molar-refractivity contribution in [3.8, 4) is 0 Å². The Morgan fingerprint density at radius 1 is 1.27 bits per heavy atom. The molecule has 5 nitrogen and oxygen atoms in total. The standard InChI is InChI=1S/C15H13Cl2NO4/c16-11-3-1-4-12(17)10(11)6-7-15(21)22-9-14(20)18-8-2-5-13(18)19/h1,3-4,6-7H,2,5,8-9H2/b7-6+. The number of hydrogen-bond acceptors (Lipinski definition) is 4. The number of carbonyl (C=O) groups excluding carboxylic acids is 3. The van der Waals surface area contributed by atoms with E-state index in [0.29, 0.717) is 35.0 Å². The number of hydrogen-bond donors (Lipinski definition) is 0. The Kier molecular flexibility index (Phi) is 5.57. The molecule has 1 saturated heterocycles. The first-order valence-corrected chi connectivity index (χ1v) is 7.36. The van der Waals surface area contributed by atoms with Gasteiger partial charge in [-0.3, -0.25) is 14.5 Å². The van der Waals surface area contributed by atoms with Crippen molar-refractivity contribution in [1.29, 1.82) is 0 Å². The van der Waals surface area contributed by atoms with Crippen molar-refractivity contribution in [3.63, 3.8) is 0 Å². The minimum Gasteiger partial charge on any atom is -0.452 e. The number of esters is 1. The molecule has 0 radical (unpaired) electrons. The van der Waals surface area contributed by atoms with Crippen LogP contribution in [0.4, 0.5) is 0 Å². The number of likely N-dealkylation sites (tertiary alicyclic amines) is 1. The second kappa shape index (κ2) is 7.42. The first-order valence-electron chi connectivity index (χ1n) is 6.61. The minimum atomic E-state index is -0.712. The third-order valence-electron chi connectivity index (χ3n) is 3.10. The molecule has 0 N–H and O–H groups in total. The SMILES string of the molecule is O=C(/C=C/c1c(Cl)cccc1Cl)OCC(=O)N1CCCC1=O. The van der Waals surface area contributed by atoms with Crippen molar-refractivity contribution in [2.24, 2.45) is 0 Å². The largest absolute Gasteiger partial charge is 0.452 e. The molecule has 7 heteroatoms. The van der Waals surface area contributed by atoms with Crippen molar-refractivity contribution >= 4 is 47.1 Å². The zero-order valence-corrected chi connectivity index (χ0v) is 13.1. The van der Waals surface area contributed by atoms with Gasteiger partial charge in [0.25, 0.3) is 5.91 Å². The predicted molar refractivity (Wildman–Crippen MR) is 82.4 cm³/mol. The van der Waals surface area contributed by atoms with Crippen LogP contribution in [0.1, 0.15) is 18.4 Å². The number of carbonyl (C=O) groups is 3. The number of ether oxygens (including phenoxy) is 1. The first-order chi connectivity index (χ1) is 10.5. The Bertz CT molecular complexity index is 622. The van der Waals surface area contributed by atoms with Gasteiger partial charge in [-0.25, -0.2) is 4.79 Å². The summed E-state index contributed by atoms with van der Waals surface area (Å²) in [4.78, 5) is 35.8. The lowest BCUT2D eigenvalue weighted by Gasteiger charge is -2.12. The van der Waals surface area contributed by atoms with E-state index in [1.807, 2.05) is 0 Å². The number of benzene rings is 1. The van der Waals surface area contributed by atoms with Gasteiger partial charge >= 0.3 is 5.97 Å². The van der Waals surface area contributed by atoms with Crippen LogP contribution in [0.15, 0.2) is 24.3 Å². The predicted octanol–water partition coefficient (Wildman–Crippen LogP) is 2.70. The summed E-state index contributed by atoms with van der Waals surface area (Å²) in [6.45, 7) is -0.0918. The van der Waals surface area contributed by atoms with Gasteiger partial charge in [-0.15, -0.1) is 0 Å². The van der Waals surface area contributed by atoms with Crippen molar-refractivity contribution < 1.29 is 19.1 Å². The van der Waals surface area contributed by atoms with Crippen LogP contribution in [0.5, 0.6) is 0 Å². The van der Waals surface area contributed by atoms with E-state index in [1.54, 1.807) is 18.2 Å². The summed E-state index contributed by atoms with van der Waals surface area (Å²) in [5, 5.41) is 0.797. The van der Waals surface area contributed by atoms with E-state index in [9.17, 15) is 14.4 Å². The highest BCUT2D eigenvalue weighted by molar-refractivity contribution is 6.37. The molecule has 1 aliphatic heterocycles. The molecule has 1 fully saturated rings. The lowest BCUT2D eigenvalue weighted by Crippen LogP contribution is -2.35. The number of halogens is 2. The van der Waals surface area contributed by atoms with Gasteiger partial charge < -0.3 is 4.74 Å². The van der Waals surface area contributed by atoms with Crippen LogP contribution in [0, 0.1) is 0 Å². The lowest BCUT2D eigenvalue weighted by atomic mass is 10.2. The van der Waals surface area contributed by atoms with Crippen LogP contribution < -0.4 is 0 Å². The van der Waals surface area contributed by atoms with Crippen LogP contribution >= 0.6 is 23.2 Å². The number of amides is 2. The van der Waals surface area contributed by atoms with Gasteiger partial charge in [0.2, 0.25) is 5.91 Å². The number of rotatable bonds is 4. The Labute approximate surface area is 137 Å². The van der Waals surface area contributed by atoms with Crippen molar-refractivity contribution in [2.75, 3.05) is 13.2 Å². The van der Waals surface area contributed by atoms with Crippen LogP contribution in [0.3, 0.4) is 0 Å². The van der Waals surface area contributed by atoms with Gasteiger partial charge in [-0.1, -0.05) is 29.3 Å². The van der Waals surface area contributed by atoms with Gasteiger partial charge in [0.15, 0.2) is 6.61 Å². The zero-order valence-electron chi connectivity index (χ0n) is 11.6. The monoisotopic (exact) mass is 341 g/mol. The zero-order chi connectivity index (χ0) is 16.1. The van der Waals surface area contributed by atoms with Gasteiger partial charge in [0, 0.05) is 34.7 Å². The first kappa shape index (κ1) is 16.5. The highest BCUT2D eigenvalue weighted by Gasteiger charge is 2.26. The van der Waals surface area contributed by atoms with Gasteiger partial charge in [0.1, 0.15) is 0 Å². The Morgan fingerprint density at radius 2 is 1.95 bits per heavy atom. The Balaban J connectivity index is 1.89. The molecule has 1 heterocycles. The maximum atomic E-state index is 11.7. The normalized spacial score (nSPS) is 14.6. The van der Waals surface area contributed by atoms with Crippen LogP contribution in [0.2, 0.25) is 10.0 Å². The molecule has 1 aliphatic rings. The molecule has 0 bridgehead atoms. The topological polar surface area (TPSA) is 63.7 Å². The molecule has 116 valence electrons. The average molecular weight is 342 g/mol. The van der Waals surface area contributed by atoms with Crippen LogP contribution in [-0.2, 0) is 19.1 Å². The Morgan fingerprint density at radius 3 is 2.55 bits per heavy atom. The fraction of sp³-hybridized carbons (Fsp3) is 0.267. The quantitative estimate of drug-likeness (QED) is 0.623. The van der Waals surface area contributed by atoms with Crippen molar-refractivity contribution in [3.05, 3.63) is 39.9 Å². The van der Waals surface area contributed by atoms with Gasteiger partial charge in [-0.2, -0.15) is 0 Å². The highest BCUT2D eigenvalue weighted by atomic mass is 35.5. The molecule has 0 aliphatic carbocycles. The van der Waals surface area contributed by atoms with E-state index >= 15 is 0 Å². The van der Waals surface area contributed by atoms with Gasteiger partial charge in [-0.05, 0) is 24.6 Å². The third kappa shape index (κ3) is 4.08. The highest BCUT2D eigenvalue weighted by Crippen LogP contribution is 2.25. The third-order valence-corrected chi connectivity index (χ3v) is 3.76. The fourth-order valence-electron chi connectivity index (χ4n) is 1.99. The summed E-state index contributed by atoms with van der Waals surface area (Å²) in [5.74, 6) is -1.46. The Hall–Kier alpha value is -1.85. The van der Waals surface area contributed by atoms with E-state index in [4.69, 9.17) is 27.9 Å². The molecule has 0 aromatic heterocycles. The summed E-state index contributed by atoms with van der Waals surface area (Å²) in [5.41, 5.74) is 0.490.